The highest BCUT2D eigenvalue weighted by molar-refractivity contribution is 5.69. The van der Waals surface area contributed by atoms with Crippen LogP contribution in [-0.4, -0.2) is 25.2 Å². The maximum absolute atomic E-state index is 10.9. The summed E-state index contributed by atoms with van der Waals surface area (Å²) >= 11 is 0. The van der Waals surface area contributed by atoms with Crippen LogP contribution in [0.3, 0.4) is 0 Å². The van der Waals surface area contributed by atoms with E-state index in [2.05, 4.69) is 13.8 Å². The van der Waals surface area contributed by atoms with E-state index >= 15 is 0 Å². The fourth-order valence-corrected chi connectivity index (χ4v) is 2.09. The van der Waals surface area contributed by atoms with Crippen molar-refractivity contribution < 1.29 is 19.1 Å². The standard InChI is InChI=1S/C11H22O2.C9H18O2/c1-3-5-6-7-8-10-13-11(12)9-4-2;1-3-4-5-6-7-8-11-9(2)10/h3-10H2,1-2H3;3-8H2,1-2H3. The molecule has 0 heterocycles. The molecule has 0 bridgehead atoms. The minimum atomic E-state index is -0.166. The van der Waals surface area contributed by atoms with Gasteiger partial charge < -0.3 is 9.47 Å². The number of ether oxygens (including phenoxy) is 2. The van der Waals surface area contributed by atoms with Crippen LogP contribution >= 0.6 is 0 Å². The Labute approximate surface area is 149 Å². The van der Waals surface area contributed by atoms with E-state index in [1.807, 2.05) is 6.92 Å². The molecule has 0 aromatic rings. The van der Waals surface area contributed by atoms with Gasteiger partial charge in [-0.25, -0.2) is 0 Å². The van der Waals surface area contributed by atoms with Crippen molar-refractivity contribution in [1.29, 1.82) is 0 Å². The van der Waals surface area contributed by atoms with Gasteiger partial charge in [-0.1, -0.05) is 72.1 Å². The van der Waals surface area contributed by atoms with Gasteiger partial charge >= 0.3 is 11.9 Å². The van der Waals surface area contributed by atoms with Crippen LogP contribution < -0.4 is 0 Å². The summed E-state index contributed by atoms with van der Waals surface area (Å²) in [6.07, 6.45) is 13.5. The number of rotatable bonds is 14. The molecule has 0 saturated heterocycles. The number of esters is 2. The van der Waals surface area contributed by atoms with Crippen LogP contribution in [0.4, 0.5) is 0 Å². The lowest BCUT2D eigenvalue weighted by molar-refractivity contribution is -0.144. The average Bonchev–Trinajstić information content (AvgIpc) is 2.55. The average molecular weight is 345 g/mol. The highest BCUT2D eigenvalue weighted by atomic mass is 16.5. The molecule has 0 fully saturated rings. The second kappa shape index (κ2) is 21.9. The van der Waals surface area contributed by atoms with Crippen molar-refractivity contribution in [3.8, 4) is 0 Å². The van der Waals surface area contributed by atoms with Gasteiger partial charge in [-0.2, -0.15) is 0 Å². The maximum Gasteiger partial charge on any atom is 0.305 e. The minimum absolute atomic E-state index is 0.0435. The third-order valence-electron chi connectivity index (χ3n) is 3.52. The molecule has 0 saturated carbocycles. The largest absolute Gasteiger partial charge is 0.466 e. The van der Waals surface area contributed by atoms with Crippen molar-refractivity contribution in [2.24, 2.45) is 0 Å². The lowest BCUT2D eigenvalue weighted by Gasteiger charge is -2.03. The molecular formula is C20H40O4. The van der Waals surface area contributed by atoms with E-state index < -0.39 is 0 Å². The summed E-state index contributed by atoms with van der Waals surface area (Å²) in [4.78, 5) is 21.2. The molecule has 0 atom stereocenters. The van der Waals surface area contributed by atoms with Gasteiger partial charge in [0.15, 0.2) is 0 Å². The Balaban J connectivity index is 0. The number of hydrogen-bond donors (Lipinski definition) is 0. The maximum atomic E-state index is 10.9. The Morgan fingerprint density at radius 3 is 1.50 bits per heavy atom. The van der Waals surface area contributed by atoms with Crippen molar-refractivity contribution in [2.45, 2.75) is 105 Å². The van der Waals surface area contributed by atoms with E-state index in [9.17, 15) is 9.59 Å². The van der Waals surface area contributed by atoms with Crippen molar-refractivity contribution in [3.05, 3.63) is 0 Å². The van der Waals surface area contributed by atoms with Gasteiger partial charge in [0, 0.05) is 13.3 Å². The summed E-state index contributed by atoms with van der Waals surface area (Å²) in [6.45, 7) is 9.03. The molecule has 4 nitrogen and oxygen atoms in total. The molecule has 0 aliphatic heterocycles. The van der Waals surface area contributed by atoms with E-state index in [0.717, 1.165) is 19.3 Å². The summed E-state index contributed by atoms with van der Waals surface area (Å²) in [5, 5.41) is 0. The zero-order valence-corrected chi connectivity index (χ0v) is 16.5. The highest BCUT2D eigenvalue weighted by Crippen LogP contribution is 2.03. The predicted molar refractivity (Wildman–Crippen MR) is 100 cm³/mol. The molecule has 0 N–H and O–H groups in total. The predicted octanol–water partition coefficient (Wildman–Crippen LogP) is 5.82. The Hall–Kier alpha value is -1.06. The van der Waals surface area contributed by atoms with Gasteiger partial charge in [0.1, 0.15) is 0 Å². The molecule has 0 rings (SSSR count). The van der Waals surface area contributed by atoms with Crippen LogP contribution in [0.15, 0.2) is 0 Å². The van der Waals surface area contributed by atoms with Crippen molar-refractivity contribution in [3.63, 3.8) is 0 Å². The summed E-state index contributed by atoms with van der Waals surface area (Å²) in [5.74, 6) is -0.210. The molecule has 0 unspecified atom stereocenters. The van der Waals surface area contributed by atoms with Gasteiger partial charge in [0.25, 0.3) is 0 Å². The molecule has 0 radical (unpaired) electrons. The van der Waals surface area contributed by atoms with E-state index in [4.69, 9.17) is 9.47 Å². The first-order chi connectivity index (χ1) is 11.6. The van der Waals surface area contributed by atoms with Crippen LogP contribution in [-0.2, 0) is 19.1 Å². The molecule has 144 valence electrons. The fourth-order valence-electron chi connectivity index (χ4n) is 2.09. The lowest BCUT2D eigenvalue weighted by atomic mass is 10.2. The third-order valence-corrected chi connectivity index (χ3v) is 3.52. The SMILES string of the molecule is CCCCCCCOC(=O)CCC.CCCCCCCOC(C)=O. The number of carbonyl (C=O) groups is 2. The number of hydrogen-bond acceptors (Lipinski definition) is 4. The quantitative estimate of drug-likeness (QED) is 0.294. The van der Waals surface area contributed by atoms with E-state index in [1.54, 1.807) is 0 Å². The van der Waals surface area contributed by atoms with E-state index in [0.29, 0.717) is 19.6 Å². The molecular weight excluding hydrogens is 304 g/mol. The fraction of sp³-hybridized carbons (Fsp3) is 0.900. The molecule has 0 amide bonds. The van der Waals surface area contributed by atoms with Crippen molar-refractivity contribution in [1.82, 2.24) is 0 Å². The second-order valence-corrected chi connectivity index (χ2v) is 6.14. The van der Waals surface area contributed by atoms with Gasteiger partial charge in [-0.05, 0) is 19.3 Å². The minimum Gasteiger partial charge on any atom is -0.466 e. The molecule has 0 aliphatic rings. The molecule has 0 aromatic heterocycles. The van der Waals surface area contributed by atoms with Crippen LogP contribution in [0.2, 0.25) is 0 Å². The van der Waals surface area contributed by atoms with Crippen LogP contribution in [0.1, 0.15) is 105 Å². The van der Waals surface area contributed by atoms with Gasteiger partial charge in [-0.3, -0.25) is 9.59 Å². The smallest absolute Gasteiger partial charge is 0.305 e. The Morgan fingerprint density at radius 1 is 0.625 bits per heavy atom. The summed E-state index contributed by atoms with van der Waals surface area (Å²) in [5.41, 5.74) is 0. The topological polar surface area (TPSA) is 52.6 Å². The first-order valence-corrected chi connectivity index (χ1v) is 9.87. The molecule has 0 aliphatic carbocycles. The molecule has 24 heavy (non-hydrogen) atoms. The number of unbranched alkanes of at least 4 members (excludes halogenated alkanes) is 8. The summed E-state index contributed by atoms with van der Waals surface area (Å²) < 4.78 is 9.81. The van der Waals surface area contributed by atoms with E-state index in [-0.39, 0.29) is 11.9 Å². The zero-order valence-electron chi connectivity index (χ0n) is 16.5. The molecule has 0 aromatic carbocycles. The van der Waals surface area contributed by atoms with Crippen LogP contribution in [0, 0.1) is 0 Å². The molecule has 0 spiro atoms. The van der Waals surface area contributed by atoms with Gasteiger partial charge in [0.05, 0.1) is 13.2 Å². The van der Waals surface area contributed by atoms with Crippen LogP contribution in [0.5, 0.6) is 0 Å². The monoisotopic (exact) mass is 344 g/mol. The normalized spacial score (nSPS) is 9.83. The first-order valence-electron chi connectivity index (χ1n) is 9.87. The highest BCUT2D eigenvalue weighted by Gasteiger charge is 1.99. The summed E-state index contributed by atoms with van der Waals surface area (Å²) in [7, 11) is 0. The first kappa shape index (κ1) is 25.2. The Kier molecular flexibility index (Phi) is 23.0. The zero-order chi connectivity index (χ0) is 18.5. The van der Waals surface area contributed by atoms with Crippen molar-refractivity contribution >= 4 is 11.9 Å². The third kappa shape index (κ3) is 25.9. The van der Waals surface area contributed by atoms with E-state index in [1.165, 1.54) is 58.3 Å². The Bertz CT molecular complexity index is 277. The lowest BCUT2D eigenvalue weighted by Crippen LogP contribution is -2.04. The van der Waals surface area contributed by atoms with Crippen LogP contribution in [0.25, 0.3) is 0 Å². The Morgan fingerprint density at radius 2 is 1.08 bits per heavy atom. The molecule has 4 heteroatoms. The van der Waals surface area contributed by atoms with Gasteiger partial charge in [-0.15, -0.1) is 0 Å². The van der Waals surface area contributed by atoms with Crippen molar-refractivity contribution in [2.75, 3.05) is 13.2 Å². The summed E-state index contributed by atoms with van der Waals surface area (Å²) in [6, 6.07) is 0. The second-order valence-electron chi connectivity index (χ2n) is 6.14. The number of carbonyl (C=O) groups excluding carboxylic acids is 2. The van der Waals surface area contributed by atoms with Gasteiger partial charge in [0.2, 0.25) is 0 Å².